The lowest BCUT2D eigenvalue weighted by atomic mass is 10.1. The topological polar surface area (TPSA) is 28.2 Å². The molecule has 1 aromatic rings. The minimum atomic E-state index is -0.288. The van der Waals surface area contributed by atoms with E-state index in [2.05, 4.69) is 22.2 Å². The van der Waals surface area contributed by atoms with Crippen LogP contribution in [0.2, 0.25) is 0 Å². The average molecular weight is 209 g/mol. The summed E-state index contributed by atoms with van der Waals surface area (Å²) in [7, 11) is 2.13. The summed E-state index contributed by atoms with van der Waals surface area (Å²) in [5.74, 6) is 0.481. The Bertz CT molecular complexity index is 304. The number of hydrogen-bond acceptors (Lipinski definition) is 3. The van der Waals surface area contributed by atoms with Crippen LogP contribution in [0.3, 0.4) is 0 Å². The van der Waals surface area contributed by atoms with Gasteiger partial charge in [-0.3, -0.25) is 0 Å². The summed E-state index contributed by atoms with van der Waals surface area (Å²) in [6.07, 6.45) is 3.49. The van der Waals surface area contributed by atoms with Crippen LogP contribution in [0, 0.1) is 5.82 Å². The number of pyridine rings is 1. The number of likely N-dealkylation sites (tertiary alicyclic amines) is 1. The van der Waals surface area contributed by atoms with Gasteiger partial charge in [-0.1, -0.05) is 0 Å². The zero-order valence-electron chi connectivity index (χ0n) is 8.91. The van der Waals surface area contributed by atoms with E-state index in [9.17, 15) is 4.39 Å². The molecule has 0 bridgehead atoms. The van der Waals surface area contributed by atoms with Gasteiger partial charge in [0, 0.05) is 6.04 Å². The second-order valence-corrected chi connectivity index (χ2v) is 4.08. The van der Waals surface area contributed by atoms with Gasteiger partial charge < -0.3 is 10.2 Å². The first kappa shape index (κ1) is 10.4. The molecule has 82 valence electrons. The van der Waals surface area contributed by atoms with Crippen LogP contribution in [0.25, 0.3) is 0 Å². The van der Waals surface area contributed by atoms with Gasteiger partial charge >= 0.3 is 0 Å². The van der Waals surface area contributed by atoms with E-state index in [1.165, 1.54) is 12.3 Å². The predicted molar refractivity (Wildman–Crippen MR) is 58.3 cm³/mol. The van der Waals surface area contributed by atoms with Gasteiger partial charge in [0.2, 0.25) is 0 Å². The minimum Gasteiger partial charge on any atom is -0.367 e. The van der Waals surface area contributed by atoms with Gasteiger partial charge in [0.15, 0.2) is 0 Å². The third-order valence-electron chi connectivity index (χ3n) is 2.80. The third-order valence-corrected chi connectivity index (χ3v) is 2.80. The van der Waals surface area contributed by atoms with Gasteiger partial charge in [0.1, 0.15) is 11.6 Å². The largest absolute Gasteiger partial charge is 0.367 e. The van der Waals surface area contributed by atoms with Crippen LogP contribution in [-0.4, -0.2) is 36.1 Å². The molecule has 4 heteroatoms. The Morgan fingerprint density at radius 1 is 1.40 bits per heavy atom. The molecule has 1 aliphatic rings. The summed E-state index contributed by atoms with van der Waals surface area (Å²) in [5.41, 5.74) is 0. The zero-order chi connectivity index (χ0) is 10.7. The van der Waals surface area contributed by atoms with E-state index in [1.54, 1.807) is 6.07 Å². The molecule has 1 fully saturated rings. The van der Waals surface area contributed by atoms with Crippen LogP contribution in [0.15, 0.2) is 18.3 Å². The smallest absolute Gasteiger partial charge is 0.141 e. The molecule has 0 atom stereocenters. The van der Waals surface area contributed by atoms with Crippen molar-refractivity contribution >= 4 is 5.82 Å². The van der Waals surface area contributed by atoms with Gasteiger partial charge in [0.05, 0.1) is 6.20 Å². The summed E-state index contributed by atoms with van der Waals surface area (Å²) >= 11 is 0. The molecule has 0 spiro atoms. The Kier molecular flexibility index (Phi) is 3.16. The van der Waals surface area contributed by atoms with Crippen molar-refractivity contribution in [1.82, 2.24) is 9.88 Å². The quantitative estimate of drug-likeness (QED) is 0.804. The lowest BCUT2D eigenvalue weighted by Crippen LogP contribution is -2.36. The highest BCUT2D eigenvalue weighted by Gasteiger charge is 2.16. The molecule has 0 aliphatic carbocycles. The van der Waals surface area contributed by atoms with Crippen molar-refractivity contribution in [2.45, 2.75) is 18.9 Å². The Hall–Kier alpha value is -1.16. The van der Waals surface area contributed by atoms with Crippen molar-refractivity contribution < 1.29 is 4.39 Å². The van der Waals surface area contributed by atoms with Gasteiger partial charge in [0.25, 0.3) is 0 Å². The number of nitrogens with one attached hydrogen (secondary N) is 1. The van der Waals surface area contributed by atoms with Gasteiger partial charge in [-0.05, 0) is 45.1 Å². The number of aromatic nitrogens is 1. The standard InChI is InChI=1S/C11H16FN3/c1-15-6-4-10(5-7-15)14-11-3-2-9(12)8-13-11/h2-3,8,10H,4-7H2,1H3,(H,13,14). The summed E-state index contributed by atoms with van der Waals surface area (Å²) in [6.45, 7) is 2.22. The predicted octanol–water partition coefficient (Wildman–Crippen LogP) is 1.73. The minimum absolute atomic E-state index is 0.288. The van der Waals surface area contributed by atoms with Gasteiger partial charge in [-0.2, -0.15) is 0 Å². The normalized spacial score (nSPS) is 19.1. The molecular weight excluding hydrogens is 193 g/mol. The van der Waals surface area contributed by atoms with E-state index in [4.69, 9.17) is 0 Å². The molecule has 0 aromatic carbocycles. The molecule has 2 heterocycles. The van der Waals surface area contributed by atoms with Crippen LogP contribution >= 0.6 is 0 Å². The first-order chi connectivity index (χ1) is 7.24. The van der Waals surface area contributed by atoms with Crippen molar-refractivity contribution in [3.05, 3.63) is 24.1 Å². The van der Waals surface area contributed by atoms with Gasteiger partial charge in [-0.15, -0.1) is 0 Å². The molecule has 0 amide bonds. The Labute approximate surface area is 89.3 Å². The highest BCUT2D eigenvalue weighted by Crippen LogP contribution is 2.13. The summed E-state index contributed by atoms with van der Waals surface area (Å²) in [4.78, 5) is 6.31. The fraction of sp³-hybridized carbons (Fsp3) is 0.545. The highest BCUT2D eigenvalue weighted by atomic mass is 19.1. The van der Waals surface area contributed by atoms with Crippen LogP contribution < -0.4 is 5.32 Å². The highest BCUT2D eigenvalue weighted by molar-refractivity contribution is 5.34. The van der Waals surface area contributed by atoms with Crippen molar-refractivity contribution in [1.29, 1.82) is 0 Å². The van der Waals surface area contributed by atoms with Crippen LogP contribution in [0.4, 0.5) is 10.2 Å². The Balaban J connectivity index is 1.89. The molecule has 0 unspecified atom stereocenters. The average Bonchev–Trinajstić information content (AvgIpc) is 2.25. The number of piperidine rings is 1. The molecule has 1 N–H and O–H groups in total. The Morgan fingerprint density at radius 2 is 2.13 bits per heavy atom. The SMILES string of the molecule is CN1CCC(Nc2ccc(F)cn2)CC1. The van der Waals surface area contributed by atoms with Crippen LogP contribution in [0.5, 0.6) is 0 Å². The molecule has 15 heavy (non-hydrogen) atoms. The molecule has 0 radical (unpaired) electrons. The number of hydrogen-bond donors (Lipinski definition) is 1. The lowest BCUT2D eigenvalue weighted by molar-refractivity contribution is 0.263. The molecule has 1 aromatic heterocycles. The molecule has 3 nitrogen and oxygen atoms in total. The number of rotatable bonds is 2. The molecule has 2 rings (SSSR count). The maximum Gasteiger partial charge on any atom is 0.141 e. The molecule has 1 aliphatic heterocycles. The fourth-order valence-electron chi connectivity index (χ4n) is 1.82. The molecule has 0 saturated carbocycles. The summed E-state index contributed by atoms with van der Waals surface area (Å²) in [6, 6.07) is 3.59. The first-order valence-electron chi connectivity index (χ1n) is 5.30. The molecular formula is C11H16FN3. The summed E-state index contributed by atoms with van der Waals surface area (Å²) in [5, 5.41) is 3.32. The van der Waals surface area contributed by atoms with E-state index in [0.717, 1.165) is 31.7 Å². The maximum absolute atomic E-state index is 12.6. The van der Waals surface area contributed by atoms with E-state index >= 15 is 0 Å². The van der Waals surface area contributed by atoms with E-state index in [0.29, 0.717) is 6.04 Å². The second kappa shape index (κ2) is 4.57. The van der Waals surface area contributed by atoms with E-state index < -0.39 is 0 Å². The van der Waals surface area contributed by atoms with Crippen molar-refractivity contribution in [3.8, 4) is 0 Å². The van der Waals surface area contributed by atoms with Gasteiger partial charge in [-0.25, -0.2) is 9.37 Å². The molecule has 1 saturated heterocycles. The Morgan fingerprint density at radius 3 is 2.73 bits per heavy atom. The fourth-order valence-corrected chi connectivity index (χ4v) is 1.82. The van der Waals surface area contributed by atoms with Crippen LogP contribution in [-0.2, 0) is 0 Å². The maximum atomic E-state index is 12.6. The monoisotopic (exact) mass is 209 g/mol. The van der Waals surface area contributed by atoms with Crippen molar-refractivity contribution in [2.75, 3.05) is 25.5 Å². The number of nitrogens with zero attached hydrogens (tertiary/aromatic N) is 2. The van der Waals surface area contributed by atoms with Crippen molar-refractivity contribution in [2.24, 2.45) is 0 Å². The first-order valence-corrected chi connectivity index (χ1v) is 5.30. The second-order valence-electron chi connectivity index (χ2n) is 4.08. The number of halogens is 1. The zero-order valence-corrected chi connectivity index (χ0v) is 8.91. The van der Waals surface area contributed by atoms with E-state index in [-0.39, 0.29) is 5.82 Å². The summed E-state index contributed by atoms with van der Waals surface area (Å²) < 4.78 is 12.6. The van der Waals surface area contributed by atoms with Crippen LogP contribution in [0.1, 0.15) is 12.8 Å². The number of anilines is 1. The van der Waals surface area contributed by atoms with E-state index in [1.807, 2.05) is 0 Å². The lowest BCUT2D eigenvalue weighted by Gasteiger charge is -2.29. The van der Waals surface area contributed by atoms with Crippen molar-refractivity contribution in [3.63, 3.8) is 0 Å². The third kappa shape index (κ3) is 2.89.